The molecule has 0 radical (unpaired) electrons. The molecule has 0 aliphatic carbocycles. The van der Waals surface area contributed by atoms with Gasteiger partial charge in [-0.25, -0.2) is 4.79 Å². The number of aromatic nitrogens is 2. The fraction of sp³-hybridized carbons (Fsp3) is 0.375. The quantitative estimate of drug-likeness (QED) is 0.520. The highest BCUT2D eigenvalue weighted by molar-refractivity contribution is 5.91. The first-order valence-electron chi connectivity index (χ1n) is 10.1. The largest absolute Gasteiger partial charge is 0.456 e. The van der Waals surface area contributed by atoms with Crippen molar-refractivity contribution < 1.29 is 9.53 Å². The number of aromatic amines is 2. The minimum atomic E-state index is -0.306. The van der Waals surface area contributed by atoms with Gasteiger partial charge in [0.2, 0.25) is 0 Å². The average molecular weight is 379 g/mol. The van der Waals surface area contributed by atoms with Gasteiger partial charge in [0.15, 0.2) is 0 Å². The number of nitrogens with one attached hydrogen (secondary N) is 2. The maximum absolute atomic E-state index is 12.8. The molecule has 4 nitrogen and oxygen atoms in total. The standard InChI is InChI=1S/C24H30N2O2/c1-6-18-15(4)21(24(27)28-14-17-12-10-9-11-13-17)26-22(18)23-20(8-3)19(7-2)16(5)25-23/h9-13,25-26H,6-8,14H2,1-5H3. The van der Waals surface area contributed by atoms with Gasteiger partial charge in [-0.1, -0.05) is 51.1 Å². The van der Waals surface area contributed by atoms with E-state index in [4.69, 9.17) is 4.74 Å². The van der Waals surface area contributed by atoms with Crippen molar-refractivity contribution in [3.63, 3.8) is 0 Å². The lowest BCUT2D eigenvalue weighted by Crippen LogP contribution is -2.07. The first-order valence-corrected chi connectivity index (χ1v) is 10.1. The lowest BCUT2D eigenvalue weighted by atomic mass is 9.99. The van der Waals surface area contributed by atoms with Crippen LogP contribution in [0.5, 0.6) is 0 Å². The Kier molecular flexibility index (Phi) is 6.08. The van der Waals surface area contributed by atoms with Gasteiger partial charge >= 0.3 is 5.97 Å². The number of benzene rings is 1. The zero-order valence-corrected chi connectivity index (χ0v) is 17.5. The molecular formula is C24H30N2O2. The molecule has 0 unspecified atom stereocenters. The van der Waals surface area contributed by atoms with Crippen molar-refractivity contribution in [1.29, 1.82) is 0 Å². The van der Waals surface area contributed by atoms with E-state index in [1.54, 1.807) is 0 Å². The molecule has 0 bridgehead atoms. The van der Waals surface area contributed by atoms with Crippen LogP contribution in [-0.2, 0) is 30.6 Å². The van der Waals surface area contributed by atoms with E-state index in [-0.39, 0.29) is 12.6 Å². The number of hydrogen-bond acceptors (Lipinski definition) is 2. The number of hydrogen-bond donors (Lipinski definition) is 2. The molecule has 2 aromatic heterocycles. The van der Waals surface area contributed by atoms with Gasteiger partial charge in [-0.3, -0.25) is 0 Å². The van der Waals surface area contributed by atoms with E-state index < -0.39 is 0 Å². The number of aryl methyl sites for hydroxylation is 1. The zero-order valence-electron chi connectivity index (χ0n) is 17.5. The summed E-state index contributed by atoms with van der Waals surface area (Å²) in [5.41, 5.74) is 9.72. The molecule has 0 spiro atoms. The Morgan fingerprint density at radius 2 is 1.46 bits per heavy atom. The first kappa shape index (κ1) is 20.0. The Labute approximate surface area is 167 Å². The van der Waals surface area contributed by atoms with Crippen LogP contribution in [-0.4, -0.2) is 15.9 Å². The van der Waals surface area contributed by atoms with Crippen LogP contribution in [0.3, 0.4) is 0 Å². The number of rotatable bonds is 7. The number of esters is 1. The predicted molar refractivity (Wildman–Crippen MR) is 114 cm³/mol. The van der Waals surface area contributed by atoms with Gasteiger partial charge in [-0.2, -0.15) is 0 Å². The average Bonchev–Trinajstić information content (AvgIpc) is 3.22. The van der Waals surface area contributed by atoms with Crippen LogP contribution in [0.25, 0.3) is 11.4 Å². The molecule has 3 rings (SSSR count). The molecule has 0 saturated carbocycles. The lowest BCUT2D eigenvalue weighted by molar-refractivity contribution is 0.0465. The van der Waals surface area contributed by atoms with Crippen molar-refractivity contribution in [2.75, 3.05) is 0 Å². The van der Waals surface area contributed by atoms with Crippen molar-refractivity contribution in [1.82, 2.24) is 9.97 Å². The second kappa shape index (κ2) is 8.51. The minimum absolute atomic E-state index is 0.275. The Balaban J connectivity index is 1.96. The SMILES string of the molecule is CCc1c(-c2[nH]c(C)c(CC)c2CC)[nH]c(C(=O)OCc2ccccc2)c1C. The molecule has 0 aliphatic rings. The molecule has 2 heterocycles. The van der Waals surface area contributed by atoms with Crippen LogP contribution in [0.1, 0.15) is 64.8 Å². The van der Waals surface area contributed by atoms with Crippen LogP contribution in [0.2, 0.25) is 0 Å². The van der Waals surface area contributed by atoms with Crippen LogP contribution < -0.4 is 0 Å². The van der Waals surface area contributed by atoms with Gasteiger partial charge in [0.25, 0.3) is 0 Å². The van der Waals surface area contributed by atoms with E-state index in [2.05, 4.69) is 37.7 Å². The van der Waals surface area contributed by atoms with E-state index in [1.807, 2.05) is 37.3 Å². The number of carbonyl (C=O) groups is 1. The molecule has 3 aromatic rings. The molecule has 28 heavy (non-hydrogen) atoms. The highest BCUT2D eigenvalue weighted by Crippen LogP contribution is 2.34. The Morgan fingerprint density at radius 3 is 2.07 bits per heavy atom. The Bertz CT molecular complexity index is 964. The molecule has 0 atom stereocenters. The van der Waals surface area contributed by atoms with Gasteiger partial charge in [0.05, 0.1) is 11.4 Å². The van der Waals surface area contributed by atoms with Crippen molar-refractivity contribution >= 4 is 5.97 Å². The maximum Gasteiger partial charge on any atom is 0.355 e. The minimum Gasteiger partial charge on any atom is -0.456 e. The number of ether oxygens (including phenoxy) is 1. The molecule has 0 amide bonds. The lowest BCUT2D eigenvalue weighted by Gasteiger charge is -2.05. The van der Waals surface area contributed by atoms with Crippen LogP contribution in [0.4, 0.5) is 0 Å². The van der Waals surface area contributed by atoms with Crippen molar-refractivity contribution in [2.24, 2.45) is 0 Å². The van der Waals surface area contributed by atoms with Gasteiger partial charge < -0.3 is 14.7 Å². The molecule has 0 saturated heterocycles. The van der Waals surface area contributed by atoms with Crippen LogP contribution >= 0.6 is 0 Å². The highest BCUT2D eigenvalue weighted by Gasteiger charge is 2.24. The summed E-state index contributed by atoms with van der Waals surface area (Å²) >= 11 is 0. The summed E-state index contributed by atoms with van der Waals surface area (Å²) < 4.78 is 5.57. The topological polar surface area (TPSA) is 57.9 Å². The molecule has 0 fully saturated rings. The summed E-state index contributed by atoms with van der Waals surface area (Å²) in [6.07, 6.45) is 2.81. The predicted octanol–water partition coefficient (Wildman–Crippen LogP) is 5.67. The fourth-order valence-electron chi connectivity index (χ4n) is 4.09. The summed E-state index contributed by atoms with van der Waals surface area (Å²) in [4.78, 5) is 19.7. The van der Waals surface area contributed by atoms with Crippen molar-refractivity contribution in [3.05, 3.63) is 69.5 Å². The van der Waals surface area contributed by atoms with Crippen molar-refractivity contribution in [3.8, 4) is 11.4 Å². The number of carbonyl (C=O) groups excluding carboxylic acids is 1. The molecule has 4 heteroatoms. The second-order valence-corrected chi connectivity index (χ2v) is 7.18. The number of H-pyrrole nitrogens is 2. The van der Waals surface area contributed by atoms with E-state index in [9.17, 15) is 4.79 Å². The van der Waals surface area contributed by atoms with E-state index in [0.29, 0.717) is 5.69 Å². The van der Waals surface area contributed by atoms with Crippen LogP contribution in [0.15, 0.2) is 30.3 Å². The van der Waals surface area contributed by atoms with Crippen LogP contribution in [0, 0.1) is 13.8 Å². The van der Waals surface area contributed by atoms with E-state index in [0.717, 1.165) is 41.8 Å². The van der Waals surface area contributed by atoms with Gasteiger partial charge in [0, 0.05) is 5.69 Å². The monoisotopic (exact) mass is 378 g/mol. The summed E-state index contributed by atoms with van der Waals surface area (Å²) in [7, 11) is 0. The molecule has 0 aliphatic heterocycles. The highest BCUT2D eigenvalue weighted by atomic mass is 16.5. The Hall–Kier alpha value is -2.75. The normalized spacial score (nSPS) is 11.0. The molecule has 148 valence electrons. The zero-order chi connectivity index (χ0) is 20.3. The summed E-state index contributed by atoms with van der Waals surface area (Å²) in [5.74, 6) is -0.306. The third-order valence-electron chi connectivity index (χ3n) is 5.54. The van der Waals surface area contributed by atoms with E-state index >= 15 is 0 Å². The third kappa shape index (κ3) is 3.64. The second-order valence-electron chi connectivity index (χ2n) is 7.18. The summed E-state index contributed by atoms with van der Waals surface area (Å²) in [5, 5.41) is 0. The fourth-order valence-corrected chi connectivity index (χ4v) is 4.09. The van der Waals surface area contributed by atoms with E-state index in [1.165, 1.54) is 22.4 Å². The van der Waals surface area contributed by atoms with Gasteiger partial charge in [-0.15, -0.1) is 0 Å². The first-order chi connectivity index (χ1) is 13.5. The molecular weight excluding hydrogens is 348 g/mol. The smallest absolute Gasteiger partial charge is 0.355 e. The van der Waals surface area contributed by atoms with Gasteiger partial charge in [-0.05, 0) is 60.9 Å². The third-order valence-corrected chi connectivity index (χ3v) is 5.54. The molecule has 1 aromatic carbocycles. The Morgan fingerprint density at radius 1 is 0.857 bits per heavy atom. The van der Waals surface area contributed by atoms with Crippen molar-refractivity contribution in [2.45, 2.75) is 60.5 Å². The maximum atomic E-state index is 12.8. The van der Waals surface area contributed by atoms with Gasteiger partial charge in [0.1, 0.15) is 12.3 Å². The summed E-state index contributed by atoms with van der Waals surface area (Å²) in [6.45, 7) is 10.9. The summed E-state index contributed by atoms with van der Waals surface area (Å²) in [6, 6.07) is 9.76. The molecule has 2 N–H and O–H groups in total.